The predicted molar refractivity (Wildman–Crippen MR) is 49.7 cm³/mol. The third-order valence-corrected chi connectivity index (χ3v) is 1.69. The van der Waals surface area contributed by atoms with E-state index < -0.39 is 0 Å². The molecule has 0 fully saturated rings. The Bertz CT molecular complexity index is 299. The third-order valence-electron chi connectivity index (χ3n) is 1.25. The number of halogens is 1. The van der Waals surface area contributed by atoms with Gasteiger partial charge in [0.25, 0.3) is 0 Å². The molecule has 0 saturated carbocycles. The van der Waals surface area contributed by atoms with E-state index >= 15 is 0 Å². The number of pyridine rings is 1. The Kier molecular flexibility index (Phi) is 3.25. The van der Waals surface area contributed by atoms with Crippen molar-refractivity contribution < 1.29 is 10.2 Å². The molecule has 1 aromatic rings. The van der Waals surface area contributed by atoms with Crippen molar-refractivity contribution in [2.45, 2.75) is 0 Å². The van der Waals surface area contributed by atoms with E-state index in [4.69, 9.17) is 5.11 Å². The van der Waals surface area contributed by atoms with Crippen molar-refractivity contribution in [2.24, 2.45) is 0 Å². The van der Waals surface area contributed by atoms with Gasteiger partial charge >= 0.3 is 0 Å². The van der Waals surface area contributed by atoms with Crippen LogP contribution in [0.25, 0.3) is 6.08 Å². The molecule has 0 bridgehead atoms. The average Bonchev–Trinajstić information content (AvgIpc) is 2.07. The van der Waals surface area contributed by atoms with Gasteiger partial charge in [-0.3, -0.25) is 0 Å². The van der Waals surface area contributed by atoms with Crippen molar-refractivity contribution >= 4 is 22.0 Å². The topological polar surface area (TPSA) is 53.4 Å². The highest BCUT2D eigenvalue weighted by atomic mass is 79.9. The monoisotopic (exact) mass is 229 g/mol. The summed E-state index contributed by atoms with van der Waals surface area (Å²) in [4.78, 5) is 3.98. The van der Waals surface area contributed by atoms with Gasteiger partial charge in [0.15, 0.2) is 0 Å². The first-order valence-electron chi connectivity index (χ1n) is 3.37. The first-order chi connectivity index (χ1) is 5.74. The molecule has 3 nitrogen and oxygen atoms in total. The van der Waals surface area contributed by atoms with Crippen molar-refractivity contribution in [1.29, 1.82) is 0 Å². The van der Waals surface area contributed by atoms with Gasteiger partial charge in [-0.25, -0.2) is 4.98 Å². The van der Waals surface area contributed by atoms with Crippen LogP contribution in [-0.2, 0) is 0 Å². The number of aliphatic hydroxyl groups excluding tert-OH is 1. The molecular weight excluding hydrogens is 222 g/mol. The lowest BCUT2D eigenvalue weighted by atomic mass is 10.3. The summed E-state index contributed by atoms with van der Waals surface area (Å²) in [5.74, 6) is 0.0999. The quantitative estimate of drug-likeness (QED) is 0.758. The van der Waals surface area contributed by atoms with E-state index in [0.29, 0.717) is 10.3 Å². The molecule has 64 valence electrons. The van der Waals surface area contributed by atoms with Crippen LogP contribution >= 0.6 is 15.9 Å². The molecule has 0 atom stereocenters. The highest BCUT2D eigenvalue weighted by molar-refractivity contribution is 9.10. The number of aromatic nitrogens is 1. The summed E-state index contributed by atoms with van der Waals surface area (Å²) in [5, 5.41) is 17.7. The standard InChI is InChI=1S/C8H8BrNO2/c9-8-4-3-7(12)6(10-8)2-1-5-11/h1-4,11-12H,5H2. The Balaban J connectivity index is 2.97. The molecule has 0 unspecified atom stereocenters. The van der Waals surface area contributed by atoms with Gasteiger partial charge in [0, 0.05) is 0 Å². The Morgan fingerprint density at radius 1 is 1.50 bits per heavy atom. The molecule has 1 heterocycles. The Labute approximate surface area is 78.5 Å². The van der Waals surface area contributed by atoms with E-state index in [0.717, 1.165) is 0 Å². The lowest BCUT2D eigenvalue weighted by Gasteiger charge is -1.97. The molecule has 1 rings (SSSR count). The van der Waals surface area contributed by atoms with Crippen LogP contribution in [0.2, 0.25) is 0 Å². The van der Waals surface area contributed by atoms with Gasteiger partial charge in [-0.15, -0.1) is 0 Å². The smallest absolute Gasteiger partial charge is 0.141 e. The number of nitrogens with zero attached hydrogens (tertiary/aromatic N) is 1. The van der Waals surface area contributed by atoms with E-state index in [1.807, 2.05) is 0 Å². The van der Waals surface area contributed by atoms with Gasteiger partial charge in [-0.1, -0.05) is 6.08 Å². The van der Waals surface area contributed by atoms with Gasteiger partial charge in [-0.05, 0) is 34.1 Å². The first kappa shape index (κ1) is 9.22. The maximum atomic E-state index is 9.25. The van der Waals surface area contributed by atoms with Crippen LogP contribution in [0.15, 0.2) is 22.8 Å². The lowest BCUT2D eigenvalue weighted by molar-refractivity contribution is 0.343. The van der Waals surface area contributed by atoms with Crippen LogP contribution in [0.1, 0.15) is 5.69 Å². The van der Waals surface area contributed by atoms with Crippen LogP contribution in [0.3, 0.4) is 0 Å². The molecule has 0 aliphatic rings. The fraction of sp³-hybridized carbons (Fsp3) is 0.125. The number of hydrogen-bond acceptors (Lipinski definition) is 3. The zero-order valence-electron chi connectivity index (χ0n) is 6.24. The van der Waals surface area contributed by atoms with Crippen LogP contribution in [0.4, 0.5) is 0 Å². The molecule has 2 N–H and O–H groups in total. The van der Waals surface area contributed by atoms with Gasteiger partial charge in [0.2, 0.25) is 0 Å². The molecule has 0 aliphatic heterocycles. The number of aromatic hydroxyl groups is 1. The van der Waals surface area contributed by atoms with E-state index in [9.17, 15) is 5.11 Å². The molecule has 12 heavy (non-hydrogen) atoms. The predicted octanol–water partition coefficient (Wildman–Crippen LogP) is 1.56. The van der Waals surface area contributed by atoms with Gasteiger partial charge in [0.1, 0.15) is 16.0 Å². The minimum atomic E-state index is -0.0619. The second-order valence-electron chi connectivity index (χ2n) is 2.12. The normalized spacial score (nSPS) is 10.8. The second-order valence-corrected chi connectivity index (χ2v) is 2.94. The van der Waals surface area contributed by atoms with Crippen molar-refractivity contribution in [3.05, 3.63) is 28.5 Å². The minimum Gasteiger partial charge on any atom is -0.506 e. The van der Waals surface area contributed by atoms with Crippen molar-refractivity contribution in [1.82, 2.24) is 4.98 Å². The van der Waals surface area contributed by atoms with E-state index in [1.165, 1.54) is 12.1 Å². The average molecular weight is 230 g/mol. The van der Waals surface area contributed by atoms with Crippen LogP contribution < -0.4 is 0 Å². The Morgan fingerprint density at radius 2 is 2.25 bits per heavy atom. The fourth-order valence-corrected chi connectivity index (χ4v) is 1.05. The summed E-state index contributed by atoms with van der Waals surface area (Å²) in [7, 11) is 0. The van der Waals surface area contributed by atoms with Gasteiger partial charge < -0.3 is 10.2 Å². The summed E-state index contributed by atoms with van der Waals surface area (Å²) in [6.07, 6.45) is 3.06. The second kappa shape index (κ2) is 4.23. The van der Waals surface area contributed by atoms with Crippen molar-refractivity contribution in [2.75, 3.05) is 6.61 Å². The largest absolute Gasteiger partial charge is 0.506 e. The lowest BCUT2D eigenvalue weighted by Crippen LogP contribution is -1.83. The van der Waals surface area contributed by atoms with Crippen LogP contribution in [0, 0.1) is 0 Å². The molecule has 0 saturated heterocycles. The van der Waals surface area contributed by atoms with Crippen molar-refractivity contribution in [3.8, 4) is 5.75 Å². The fourth-order valence-electron chi connectivity index (χ4n) is 0.730. The summed E-state index contributed by atoms with van der Waals surface area (Å²) < 4.78 is 0.651. The minimum absolute atomic E-state index is 0.0619. The molecule has 0 aromatic carbocycles. The molecule has 0 radical (unpaired) electrons. The maximum Gasteiger partial charge on any atom is 0.141 e. The third kappa shape index (κ3) is 2.32. The number of aliphatic hydroxyl groups is 1. The van der Waals surface area contributed by atoms with Crippen LogP contribution in [0.5, 0.6) is 5.75 Å². The SMILES string of the molecule is OCC=Cc1nc(Br)ccc1O. The molecule has 0 spiro atoms. The molecule has 1 aromatic heterocycles. The maximum absolute atomic E-state index is 9.25. The van der Waals surface area contributed by atoms with Gasteiger partial charge in [-0.2, -0.15) is 0 Å². The molecule has 0 aliphatic carbocycles. The summed E-state index contributed by atoms with van der Waals surface area (Å²) >= 11 is 3.17. The zero-order chi connectivity index (χ0) is 8.97. The number of rotatable bonds is 2. The number of hydrogen-bond donors (Lipinski definition) is 2. The Morgan fingerprint density at radius 3 is 2.92 bits per heavy atom. The summed E-state index contributed by atoms with van der Waals surface area (Å²) in [6.45, 7) is -0.0619. The van der Waals surface area contributed by atoms with Gasteiger partial charge in [0.05, 0.1) is 6.61 Å². The van der Waals surface area contributed by atoms with Crippen molar-refractivity contribution in [3.63, 3.8) is 0 Å². The summed E-state index contributed by atoms with van der Waals surface area (Å²) in [6, 6.07) is 3.18. The van der Waals surface area contributed by atoms with E-state index in [2.05, 4.69) is 20.9 Å². The highest BCUT2D eigenvalue weighted by Crippen LogP contribution is 2.18. The highest BCUT2D eigenvalue weighted by Gasteiger charge is 1.98. The first-order valence-corrected chi connectivity index (χ1v) is 4.16. The zero-order valence-corrected chi connectivity index (χ0v) is 7.82. The molecular formula is C8H8BrNO2. The Hall–Kier alpha value is -0.870. The molecule has 0 amide bonds. The van der Waals surface area contributed by atoms with Crippen LogP contribution in [-0.4, -0.2) is 21.8 Å². The summed E-state index contributed by atoms with van der Waals surface area (Å²) in [5.41, 5.74) is 0.443. The van der Waals surface area contributed by atoms with E-state index in [1.54, 1.807) is 12.1 Å². The van der Waals surface area contributed by atoms with E-state index in [-0.39, 0.29) is 12.4 Å². The molecule has 4 heteroatoms.